The number of rotatable bonds is 7. The fourth-order valence-corrected chi connectivity index (χ4v) is 5.68. The van der Waals surface area contributed by atoms with Gasteiger partial charge in [-0.3, -0.25) is 14.3 Å². The molecular weight excluding hydrogens is 511 g/mol. The van der Waals surface area contributed by atoms with Gasteiger partial charge in [-0.1, -0.05) is 0 Å². The van der Waals surface area contributed by atoms with E-state index in [0.717, 1.165) is 19.3 Å². The van der Waals surface area contributed by atoms with E-state index in [9.17, 15) is 22.8 Å². The van der Waals surface area contributed by atoms with Crippen LogP contribution in [0.2, 0.25) is 0 Å². The fourth-order valence-electron chi connectivity index (χ4n) is 5.68. The monoisotopic (exact) mass is 541 g/mol. The van der Waals surface area contributed by atoms with Gasteiger partial charge in [0.1, 0.15) is 5.69 Å². The smallest absolute Gasteiger partial charge is 0.355 e. The summed E-state index contributed by atoms with van der Waals surface area (Å²) in [4.78, 5) is 30.2. The average Bonchev–Trinajstić information content (AvgIpc) is 3.66. The minimum Gasteiger partial charge on any atom is -0.355 e. The van der Waals surface area contributed by atoms with Gasteiger partial charge in [-0.15, -0.1) is 12.3 Å². The molecule has 5 atom stereocenters. The average molecular weight is 542 g/mol. The summed E-state index contributed by atoms with van der Waals surface area (Å²) in [5.74, 6) is -0.0508. The summed E-state index contributed by atoms with van der Waals surface area (Å²) in [6.45, 7) is 2.05. The van der Waals surface area contributed by atoms with E-state index >= 15 is 0 Å². The van der Waals surface area contributed by atoms with Crippen molar-refractivity contribution in [3.8, 4) is 12.3 Å². The van der Waals surface area contributed by atoms with E-state index in [-0.39, 0.29) is 30.6 Å². The van der Waals surface area contributed by atoms with Crippen molar-refractivity contribution in [3.63, 3.8) is 0 Å². The maximum atomic E-state index is 13.2. The topological polar surface area (TPSA) is 106 Å². The molecule has 12 heteroatoms. The van der Waals surface area contributed by atoms with Crippen LogP contribution in [0.25, 0.3) is 5.65 Å². The molecule has 2 amide bonds. The maximum Gasteiger partial charge on any atom is 0.393 e. The van der Waals surface area contributed by atoms with E-state index in [0.29, 0.717) is 29.3 Å². The van der Waals surface area contributed by atoms with Gasteiger partial charge in [0, 0.05) is 37.5 Å². The highest BCUT2D eigenvalue weighted by atomic mass is 19.4. The minimum absolute atomic E-state index is 0.0719. The minimum atomic E-state index is -4.37. The standard InChI is InChI=1S/C27H30F3N7O2/c1-3-16-5-6-17(11-16)24(34-26(39)22-9-10-32-36(22)4-2)21-15-37-23(33-21)8-7-20(35-37)13-18-12-19(27(28,29)30)14-31-25(18)38/h1,7-10,15-19,24H,4-6,11-14H2,2H3,(H,31,38)(H,34,39)/t16-,17-,18?,19-,24+/m1/s1. The lowest BCUT2D eigenvalue weighted by Crippen LogP contribution is -2.47. The van der Waals surface area contributed by atoms with Gasteiger partial charge in [0.05, 0.1) is 29.5 Å². The number of amides is 2. The molecule has 2 N–H and O–H groups in total. The number of aryl methyl sites for hydroxylation is 1. The highest BCUT2D eigenvalue weighted by Gasteiger charge is 2.44. The Labute approximate surface area is 223 Å². The molecule has 1 saturated carbocycles. The number of halogens is 3. The van der Waals surface area contributed by atoms with Gasteiger partial charge in [0.25, 0.3) is 5.91 Å². The molecule has 9 nitrogen and oxygen atoms in total. The second-order valence-corrected chi connectivity index (χ2v) is 10.3. The third kappa shape index (κ3) is 5.62. The van der Waals surface area contributed by atoms with Gasteiger partial charge in [-0.2, -0.15) is 23.4 Å². The van der Waals surface area contributed by atoms with Crippen molar-refractivity contribution in [1.29, 1.82) is 0 Å². The number of piperidine rings is 1. The number of nitrogens with one attached hydrogen (secondary N) is 2. The lowest BCUT2D eigenvalue weighted by molar-refractivity contribution is -0.183. The third-order valence-corrected chi connectivity index (χ3v) is 7.81. The highest BCUT2D eigenvalue weighted by Crippen LogP contribution is 2.39. The zero-order valence-electron chi connectivity index (χ0n) is 21.5. The molecule has 0 spiro atoms. The summed E-state index contributed by atoms with van der Waals surface area (Å²) in [6, 6.07) is 4.64. The number of fused-ring (bicyclic) bond motifs is 1. The Morgan fingerprint density at radius 3 is 2.82 bits per heavy atom. The Bertz CT molecular complexity index is 1410. The van der Waals surface area contributed by atoms with Crippen LogP contribution in [0.5, 0.6) is 0 Å². The first-order valence-electron chi connectivity index (χ1n) is 13.1. The Morgan fingerprint density at radius 2 is 2.10 bits per heavy atom. The van der Waals surface area contributed by atoms with Crippen LogP contribution in [0, 0.1) is 36.0 Å². The van der Waals surface area contributed by atoms with Crippen LogP contribution < -0.4 is 10.6 Å². The zero-order valence-corrected chi connectivity index (χ0v) is 21.5. The molecule has 0 aromatic carbocycles. The molecule has 5 rings (SSSR count). The molecule has 206 valence electrons. The molecule has 4 heterocycles. The molecule has 3 aromatic heterocycles. The molecule has 1 aliphatic carbocycles. The molecule has 3 aromatic rings. The van der Waals surface area contributed by atoms with Crippen molar-refractivity contribution in [2.75, 3.05) is 6.54 Å². The summed E-state index contributed by atoms with van der Waals surface area (Å²) in [6.07, 6.45) is 6.86. The summed E-state index contributed by atoms with van der Waals surface area (Å²) < 4.78 is 42.9. The van der Waals surface area contributed by atoms with E-state index in [2.05, 4.69) is 26.8 Å². The van der Waals surface area contributed by atoms with Gasteiger partial charge < -0.3 is 10.6 Å². The van der Waals surface area contributed by atoms with Crippen molar-refractivity contribution >= 4 is 17.5 Å². The first-order valence-corrected chi connectivity index (χ1v) is 13.1. The second-order valence-electron chi connectivity index (χ2n) is 10.3. The van der Waals surface area contributed by atoms with E-state index < -0.39 is 36.5 Å². The number of carbonyl (C=O) groups is 2. The number of terminal acetylenes is 1. The normalized spacial score (nSPS) is 24.3. The van der Waals surface area contributed by atoms with E-state index in [1.54, 1.807) is 39.8 Å². The van der Waals surface area contributed by atoms with Gasteiger partial charge in [0.15, 0.2) is 5.65 Å². The summed E-state index contributed by atoms with van der Waals surface area (Å²) in [5, 5.41) is 14.2. The molecule has 1 unspecified atom stereocenters. The van der Waals surface area contributed by atoms with Crippen LogP contribution >= 0.6 is 0 Å². The van der Waals surface area contributed by atoms with Crippen molar-refractivity contribution < 1.29 is 22.8 Å². The van der Waals surface area contributed by atoms with E-state index in [1.165, 1.54) is 0 Å². The van der Waals surface area contributed by atoms with Crippen molar-refractivity contribution in [2.45, 2.75) is 57.8 Å². The summed E-state index contributed by atoms with van der Waals surface area (Å²) in [5.41, 5.74) is 2.07. The molecule has 39 heavy (non-hydrogen) atoms. The van der Waals surface area contributed by atoms with Crippen LogP contribution in [0.15, 0.2) is 30.6 Å². The lowest BCUT2D eigenvalue weighted by atomic mass is 9.86. The predicted molar refractivity (Wildman–Crippen MR) is 135 cm³/mol. The van der Waals surface area contributed by atoms with Crippen molar-refractivity contribution in [2.24, 2.45) is 23.7 Å². The number of alkyl halides is 3. The number of nitrogens with zero attached hydrogens (tertiary/aromatic N) is 5. The largest absolute Gasteiger partial charge is 0.393 e. The fraction of sp³-hybridized carbons (Fsp3) is 0.519. The molecule has 2 aliphatic rings. The molecule has 2 fully saturated rings. The number of imidazole rings is 1. The number of aromatic nitrogens is 5. The van der Waals surface area contributed by atoms with E-state index in [1.807, 2.05) is 6.92 Å². The van der Waals surface area contributed by atoms with Crippen molar-refractivity contribution in [3.05, 3.63) is 47.7 Å². The number of hydrogen-bond donors (Lipinski definition) is 2. The van der Waals surface area contributed by atoms with Crippen LogP contribution in [0.3, 0.4) is 0 Å². The summed E-state index contributed by atoms with van der Waals surface area (Å²) in [7, 11) is 0. The Hall–Kier alpha value is -3.88. The highest BCUT2D eigenvalue weighted by molar-refractivity contribution is 5.92. The SMILES string of the molecule is C#C[C@@H]1CC[C@@H]([C@H](NC(=O)c2ccnn2CC)c2cn3nc(CC4C[C@@H](C(F)(F)F)CNC4=O)ccc3n2)C1. The molecule has 0 radical (unpaired) electrons. The second kappa shape index (κ2) is 10.7. The van der Waals surface area contributed by atoms with Gasteiger partial charge >= 0.3 is 6.18 Å². The first-order chi connectivity index (χ1) is 18.7. The van der Waals surface area contributed by atoms with Gasteiger partial charge in [-0.05, 0) is 56.7 Å². The number of carbonyl (C=O) groups excluding carboxylic acids is 2. The Kier molecular flexibility index (Phi) is 7.34. The maximum absolute atomic E-state index is 13.2. The molecule has 0 bridgehead atoms. The van der Waals surface area contributed by atoms with Crippen LogP contribution in [-0.2, 0) is 17.8 Å². The van der Waals surface area contributed by atoms with Crippen molar-refractivity contribution in [1.82, 2.24) is 35.0 Å². The predicted octanol–water partition coefficient (Wildman–Crippen LogP) is 3.32. The van der Waals surface area contributed by atoms with Crippen LogP contribution in [0.4, 0.5) is 13.2 Å². The molecular formula is C27H30F3N7O2. The zero-order chi connectivity index (χ0) is 27.7. The van der Waals surface area contributed by atoms with Gasteiger partial charge in [-0.25, -0.2) is 9.50 Å². The first kappa shape index (κ1) is 26.7. The Morgan fingerprint density at radius 1 is 1.28 bits per heavy atom. The lowest BCUT2D eigenvalue weighted by Gasteiger charge is -2.30. The molecule has 1 aliphatic heterocycles. The van der Waals surface area contributed by atoms with Crippen LogP contribution in [0.1, 0.15) is 60.5 Å². The van der Waals surface area contributed by atoms with E-state index in [4.69, 9.17) is 11.4 Å². The Balaban J connectivity index is 1.39. The van der Waals surface area contributed by atoms with Gasteiger partial charge in [0.2, 0.25) is 5.91 Å². The number of hydrogen-bond acceptors (Lipinski definition) is 5. The van der Waals surface area contributed by atoms with Crippen LogP contribution in [-0.4, -0.2) is 48.9 Å². The molecule has 1 saturated heterocycles. The quantitative estimate of drug-likeness (QED) is 0.447. The summed E-state index contributed by atoms with van der Waals surface area (Å²) >= 11 is 0. The third-order valence-electron chi connectivity index (χ3n) is 7.81.